The average molecular weight is 426 g/mol. The van der Waals surface area contributed by atoms with Crippen LogP contribution < -0.4 is 5.63 Å². The lowest BCUT2D eigenvalue weighted by molar-refractivity contribution is 0.0911. The van der Waals surface area contributed by atoms with Crippen LogP contribution in [0, 0.1) is 5.41 Å². The van der Waals surface area contributed by atoms with E-state index in [4.69, 9.17) is 27.6 Å². The maximum Gasteiger partial charge on any atom is 0.344 e. The molecule has 4 nitrogen and oxygen atoms in total. The van der Waals surface area contributed by atoms with Gasteiger partial charge in [0.2, 0.25) is 0 Å². The lowest BCUT2D eigenvalue weighted by Gasteiger charge is -2.29. The van der Waals surface area contributed by atoms with Crippen molar-refractivity contribution in [3.05, 3.63) is 74.2 Å². The van der Waals surface area contributed by atoms with E-state index in [1.54, 1.807) is 30.3 Å². The van der Waals surface area contributed by atoms with Crippen LogP contribution in [0.2, 0.25) is 10.0 Å². The summed E-state index contributed by atoms with van der Waals surface area (Å²) < 4.78 is 7.69. The van der Waals surface area contributed by atoms with E-state index in [-0.39, 0.29) is 11.2 Å². The predicted molar refractivity (Wildman–Crippen MR) is 116 cm³/mol. The minimum atomic E-state index is -0.449. The fraction of sp³-hybridized carbons (Fsp3) is 0.217. The monoisotopic (exact) mass is 425 g/mol. The zero-order valence-electron chi connectivity index (χ0n) is 15.9. The van der Waals surface area contributed by atoms with Gasteiger partial charge in [-0.1, -0.05) is 55.2 Å². The van der Waals surface area contributed by atoms with Crippen LogP contribution in [0.1, 0.15) is 36.3 Å². The van der Waals surface area contributed by atoms with Crippen LogP contribution >= 0.6 is 23.2 Å². The van der Waals surface area contributed by atoms with Gasteiger partial charge in [0, 0.05) is 33.2 Å². The Morgan fingerprint density at radius 2 is 1.62 bits per heavy atom. The summed E-state index contributed by atoms with van der Waals surface area (Å²) >= 11 is 12.6. The molecular weight excluding hydrogens is 409 g/mol. The van der Waals surface area contributed by atoms with Crippen molar-refractivity contribution in [1.29, 1.82) is 0 Å². The van der Waals surface area contributed by atoms with Gasteiger partial charge in [0.15, 0.2) is 11.4 Å². The summed E-state index contributed by atoms with van der Waals surface area (Å²) in [4.78, 5) is 25.8. The number of hydrogen-bond donors (Lipinski definition) is 0. The topological polar surface area (TPSA) is 52.2 Å². The van der Waals surface area contributed by atoms with E-state index in [0.29, 0.717) is 44.9 Å². The minimum Gasteiger partial charge on any atom is -0.420 e. The van der Waals surface area contributed by atoms with Gasteiger partial charge in [0.25, 0.3) is 0 Å². The molecular formula is C23H17Cl2NO3. The van der Waals surface area contributed by atoms with Gasteiger partial charge in [0.1, 0.15) is 0 Å². The average Bonchev–Trinajstić information content (AvgIpc) is 2.94. The number of halogens is 2. The van der Waals surface area contributed by atoms with Crippen molar-refractivity contribution in [2.75, 3.05) is 0 Å². The van der Waals surface area contributed by atoms with Gasteiger partial charge in [-0.3, -0.25) is 4.79 Å². The molecule has 0 bridgehead atoms. The summed E-state index contributed by atoms with van der Waals surface area (Å²) in [6.07, 6.45) is 1.05. The van der Waals surface area contributed by atoms with Gasteiger partial charge < -0.3 is 8.98 Å². The number of carbonyl (C=O) groups excluding carboxylic acids is 1. The highest BCUT2D eigenvalue weighted by molar-refractivity contribution is 6.35. The number of rotatable bonds is 1. The smallest absolute Gasteiger partial charge is 0.344 e. The lowest BCUT2D eigenvalue weighted by Crippen LogP contribution is -2.27. The summed E-state index contributed by atoms with van der Waals surface area (Å²) in [6, 6.07) is 12.5. The summed E-state index contributed by atoms with van der Waals surface area (Å²) in [5, 5.41) is 2.18. The van der Waals surface area contributed by atoms with Crippen LogP contribution in [0.4, 0.5) is 0 Å². The largest absolute Gasteiger partial charge is 0.420 e. The first kappa shape index (κ1) is 18.5. The molecule has 4 aromatic rings. The van der Waals surface area contributed by atoms with Gasteiger partial charge in [-0.2, -0.15) is 0 Å². The molecule has 0 N–H and O–H groups in total. The van der Waals surface area contributed by atoms with Crippen LogP contribution in [-0.2, 0) is 6.42 Å². The van der Waals surface area contributed by atoms with Crippen molar-refractivity contribution in [3.63, 3.8) is 0 Å². The van der Waals surface area contributed by atoms with Gasteiger partial charge in [-0.25, -0.2) is 4.79 Å². The Kier molecular flexibility index (Phi) is 3.96. The first-order valence-electron chi connectivity index (χ1n) is 9.34. The number of fused-ring (bicyclic) bond motifs is 5. The quantitative estimate of drug-likeness (QED) is 0.364. The molecule has 146 valence electrons. The van der Waals surface area contributed by atoms with Crippen LogP contribution in [-0.4, -0.2) is 10.4 Å². The summed E-state index contributed by atoms with van der Waals surface area (Å²) in [7, 11) is 0. The molecule has 0 spiro atoms. The molecule has 1 aliphatic carbocycles. The van der Waals surface area contributed by atoms with Crippen LogP contribution in [0.3, 0.4) is 0 Å². The SMILES string of the molecule is CC1(C)CC(=O)c2c(n(-c3cc(Cl)cc(Cl)c3)c3c2oc(=O)c2ccccc23)C1. The Morgan fingerprint density at radius 3 is 2.31 bits per heavy atom. The fourth-order valence-electron chi connectivity index (χ4n) is 4.40. The van der Waals surface area contributed by atoms with Gasteiger partial charge in [0.05, 0.1) is 16.5 Å². The van der Waals surface area contributed by atoms with Crippen molar-refractivity contribution in [2.24, 2.45) is 5.41 Å². The second-order valence-electron chi connectivity index (χ2n) is 8.34. The standard InChI is InChI=1S/C23H17Cl2NO3/c1-23(2)10-17-19(18(27)11-23)21-20(15-5-3-4-6-16(15)22(28)29-21)26(17)14-8-12(24)7-13(25)9-14/h3-9H,10-11H2,1-2H3. The van der Waals surface area contributed by atoms with Gasteiger partial charge >= 0.3 is 5.63 Å². The maximum absolute atomic E-state index is 13.1. The lowest BCUT2D eigenvalue weighted by atomic mass is 9.76. The van der Waals surface area contributed by atoms with Crippen LogP contribution in [0.5, 0.6) is 0 Å². The molecule has 1 aliphatic rings. The second kappa shape index (κ2) is 6.22. The van der Waals surface area contributed by atoms with E-state index < -0.39 is 5.63 Å². The molecule has 6 heteroatoms. The molecule has 0 amide bonds. The molecule has 5 rings (SSSR count). The van der Waals surface area contributed by atoms with Crippen molar-refractivity contribution in [2.45, 2.75) is 26.7 Å². The van der Waals surface area contributed by atoms with E-state index >= 15 is 0 Å². The molecule has 0 unspecified atom stereocenters. The van der Waals surface area contributed by atoms with Crippen molar-refractivity contribution in [3.8, 4) is 5.69 Å². The predicted octanol–water partition coefficient (Wildman–Crippen LogP) is 6.20. The highest BCUT2D eigenvalue weighted by Gasteiger charge is 2.37. The first-order chi connectivity index (χ1) is 13.7. The Labute approximate surface area is 176 Å². The number of carbonyl (C=O) groups is 1. The molecule has 0 aliphatic heterocycles. The molecule has 0 atom stereocenters. The third-order valence-electron chi connectivity index (χ3n) is 5.49. The zero-order valence-corrected chi connectivity index (χ0v) is 17.4. The number of ketones is 1. The molecule has 0 radical (unpaired) electrons. The Balaban J connectivity index is 2.04. The Bertz CT molecular complexity index is 1370. The zero-order chi connectivity index (χ0) is 20.5. The second-order valence-corrected chi connectivity index (χ2v) is 9.21. The van der Waals surface area contributed by atoms with Crippen LogP contribution in [0.25, 0.3) is 27.6 Å². The number of hydrogen-bond acceptors (Lipinski definition) is 3. The fourth-order valence-corrected chi connectivity index (χ4v) is 4.92. The maximum atomic E-state index is 13.1. The van der Waals surface area contributed by atoms with Crippen LogP contribution in [0.15, 0.2) is 51.7 Å². The molecule has 2 aromatic carbocycles. The number of Topliss-reactive ketones (excluding diaryl/α,β-unsaturated/α-hetero) is 1. The van der Waals surface area contributed by atoms with E-state index in [1.807, 2.05) is 16.7 Å². The summed E-state index contributed by atoms with van der Waals surface area (Å²) in [6.45, 7) is 4.13. The Morgan fingerprint density at radius 1 is 0.966 bits per heavy atom. The highest BCUT2D eigenvalue weighted by atomic mass is 35.5. The van der Waals surface area contributed by atoms with E-state index in [0.717, 1.165) is 16.8 Å². The molecule has 2 aromatic heterocycles. The highest BCUT2D eigenvalue weighted by Crippen LogP contribution is 2.43. The molecule has 29 heavy (non-hydrogen) atoms. The number of nitrogens with zero attached hydrogens (tertiary/aromatic N) is 1. The first-order valence-corrected chi connectivity index (χ1v) is 10.1. The third-order valence-corrected chi connectivity index (χ3v) is 5.93. The van der Waals surface area contributed by atoms with Gasteiger partial charge in [-0.15, -0.1) is 0 Å². The molecule has 0 saturated heterocycles. The normalized spacial score (nSPS) is 15.8. The number of benzene rings is 2. The van der Waals surface area contributed by atoms with E-state index in [9.17, 15) is 9.59 Å². The van der Waals surface area contributed by atoms with Crippen molar-refractivity contribution in [1.82, 2.24) is 4.57 Å². The van der Waals surface area contributed by atoms with Gasteiger partial charge in [-0.05, 0) is 36.1 Å². The van der Waals surface area contributed by atoms with Crippen molar-refractivity contribution >= 4 is 50.9 Å². The summed E-state index contributed by atoms with van der Waals surface area (Å²) in [5.41, 5.74) is 2.40. The van der Waals surface area contributed by atoms with E-state index in [2.05, 4.69) is 13.8 Å². The molecule has 0 saturated carbocycles. The third kappa shape index (κ3) is 2.82. The Hall–Kier alpha value is -2.56. The van der Waals surface area contributed by atoms with Crippen molar-refractivity contribution < 1.29 is 9.21 Å². The molecule has 0 fully saturated rings. The molecule has 2 heterocycles. The van der Waals surface area contributed by atoms with E-state index in [1.165, 1.54) is 0 Å². The number of aromatic nitrogens is 1. The summed E-state index contributed by atoms with van der Waals surface area (Å²) in [5.74, 6) is -0.0217. The minimum absolute atomic E-state index is 0.0217.